The molecule has 0 spiro atoms. The van der Waals surface area contributed by atoms with Crippen molar-refractivity contribution in [1.82, 2.24) is 0 Å². The Bertz CT molecular complexity index is 453. The molecule has 2 rings (SSSR count). The molecule has 0 radical (unpaired) electrons. The van der Waals surface area contributed by atoms with Crippen molar-refractivity contribution in [3.8, 4) is 0 Å². The Morgan fingerprint density at radius 3 is 2.30 bits per heavy atom. The third-order valence-electron chi connectivity index (χ3n) is 5.16. The summed E-state index contributed by atoms with van der Waals surface area (Å²) in [4.78, 5) is 22.5. The SMILES string of the molecule is CC1(C)[C@@H]2[C@@H](COC(=O)C(F)(F)F)OC(=O)[C@@H]2C1(C)C. The summed E-state index contributed by atoms with van der Waals surface area (Å²) in [5.74, 6) is -3.26. The monoisotopic (exact) mass is 294 g/mol. The van der Waals surface area contributed by atoms with Crippen LogP contribution in [0.25, 0.3) is 0 Å². The molecule has 3 atom stereocenters. The molecule has 1 saturated carbocycles. The van der Waals surface area contributed by atoms with Gasteiger partial charge in [0.2, 0.25) is 0 Å². The van der Waals surface area contributed by atoms with Gasteiger partial charge in [0.15, 0.2) is 0 Å². The molecule has 0 bridgehead atoms. The van der Waals surface area contributed by atoms with Crippen LogP contribution in [-0.4, -0.2) is 30.8 Å². The first-order valence-electron chi connectivity index (χ1n) is 6.35. The number of esters is 2. The van der Waals surface area contributed by atoms with Gasteiger partial charge in [0.1, 0.15) is 12.7 Å². The van der Waals surface area contributed by atoms with Gasteiger partial charge in [0, 0.05) is 5.92 Å². The molecular weight excluding hydrogens is 277 g/mol. The van der Waals surface area contributed by atoms with Crippen LogP contribution in [0.4, 0.5) is 13.2 Å². The van der Waals surface area contributed by atoms with Crippen LogP contribution in [0.1, 0.15) is 27.7 Å². The van der Waals surface area contributed by atoms with Gasteiger partial charge >= 0.3 is 18.1 Å². The predicted octanol–water partition coefficient (Wildman–Crippen LogP) is 2.32. The first kappa shape index (κ1) is 15.1. The highest BCUT2D eigenvalue weighted by Crippen LogP contribution is 2.68. The molecule has 0 N–H and O–H groups in total. The van der Waals surface area contributed by atoms with Crippen LogP contribution in [0.15, 0.2) is 0 Å². The number of carbonyl (C=O) groups is 2. The summed E-state index contributed by atoms with van der Waals surface area (Å²) >= 11 is 0. The minimum atomic E-state index is -5.03. The molecule has 0 aromatic carbocycles. The minimum Gasteiger partial charge on any atom is -0.458 e. The number of rotatable bonds is 2. The van der Waals surface area contributed by atoms with Crippen molar-refractivity contribution in [1.29, 1.82) is 0 Å². The number of cyclic esters (lactones) is 1. The summed E-state index contributed by atoms with van der Waals surface area (Å²) in [6.07, 6.45) is -5.84. The Hall–Kier alpha value is -1.27. The second-order valence-electron chi connectivity index (χ2n) is 6.52. The van der Waals surface area contributed by atoms with Crippen molar-refractivity contribution in [3.63, 3.8) is 0 Å². The third kappa shape index (κ3) is 1.90. The Morgan fingerprint density at radius 1 is 1.25 bits per heavy atom. The van der Waals surface area contributed by atoms with Gasteiger partial charge in [-0.3, -0.25) is 4.79 Å². The molecule has 114 valence electrons. The van der Waals surface area contributed by atoms with E-state index in [-0.39, 0.29) is 22.7 Å². The summed E-state index contributed by atoms with van der Waals surface area (Å²) in [6, 6.07) is 0. The number of hydrogen-bond donors (Lipinski definition) is 0. The van der Waals surface area contributed by atoms with Crippen LogP contribution >= 0.6 is 0 Å². The lowest BCUT2D eigenvalue weighted by Crippen LogP contribution is -2.62. The highest BCUT2D eigenvalue weighted by atomic mass is 19.4. The van der Waals surface area contributed by atoms with E-state index in [1.807, 2.05) is 27.7 Å². The van der Waals surface area contributed by atoms with E-state index in [9.17, 15) is 22.8 Å². The van der Waals surface area contributed by atoms with E-state index < -0.39 is 30.8 Å². The van der Waals surface area contributed by atoms with Crippen molar-refractivity contribution in [2.24, 2.45) is 22.7 Å². The lowest BCUT2D eigenvalue weighted by molar-refractivity contribution is -0.206. The van der Waals surface area contributed by atoms with Crippen LogP contribution in [0.5, 0.6) is 0 Å². The molecule has 1 heterocycles. The fourth-order valence-electron chi connectivity index (χ4n) is 3.39. The van der Waals surface area contributed by atoms with Crippen LogP contribution in [-0.2, 0) is 19.1 Å². The maximum Gasteiger partial charge on any atom is 0.490 e. The first-order chi connectivity index (χ1) is 8.90. The third-order valence-corrected chi connectivity index (χ3v) is 5.16. The highest BCUT2D eigenvalue weighted by Gasteiger charge is 2.71. The summed E-state index contributed by atoms with van der Waals surface area (Å²) < 4.78 is 45.6. The van der Waals surface area contributed by atoms with Gasteiger partial charge in [-0.15, -0.1) is 0 Å². The molecule has 7 heteroatoms. The van der Waals surface area contributed by atoms with Gasteiger partial charge in [-0.25, -0.2) is 4.79 Å². The molecule has 0 aromatic heterocycles. The van der Waals surface area contributed by atoms with Gasteiger partial charge in [0.25, 0.3) is 0 Å². The van der Waals surface area contributed by atoms with Crippen LogP contribution in [0.2, 0.25) is 0 Å². The largest absolute Gasteiger partial charge is 0.490 e. The quantitative estimate of drug-likeness (QED) is 0.733. The average Bonchev–Trinajstić information content (AvgIpc) is 2.61. The molecule has 0 amide bonds. The molecule has 4 nitrogen and oxygen atoms in total. The lowest BCUT2D eigenvalue weighted by Gasteiger charge is -2.61. The van der Waals surface area contributed by atoms with E-state index in [0.717, 1.165) is 0 Å². The van der Waals surface area contributed by atoms with E-state index in [1.54, 1.807) is 0 Å². The van der Waals surface area contributed by atoms with E-state index >= 15 is 0 Å². The highest BCUT2D eigenvalue weighted by molar-refractivity contribution is 5.79. The standard InChI is InChI=1S/C13H17F3O4/c1-11(2)7-6(5-19-10(18)13(14,15)16)20-9(17)8(7)12(11,3)4/h6-8H,5H2,1-4H3/t6-,7-,8-/m1/s1. The Labute approximate surface area is 114 Å². The van der Waals surface area contributed by atoms with Gasteiger partial charge in [-0.05, 0) is 10.8 Å². The zero-order valence-electron chi connectivity index (χ0n) is 11.7. The van der Waals surface area contributed by atoms with Crippen molar-refractivity contribution >= 4 is 11.9 Å². The second kappa shape index (κ2) is 4.11. The normalized spacial score (nSPS) is 34.0. The summed E-state index contributed by atoms with van der Waals surface area (Å²) in [5, 5.41) is 0. The molecule has 1 aliphatic heterocycles. The topological polar surface area (TPSA) is 52.6 Å². The van der Waals surface area contributed by atoms with E-state index in [1.165, 1.54) is 0 Å². The Kier molecular flexibility index (Phi) is 3.11. The average molecular weight is 294 g/mol. The maximum atomic E-state index is 12.1. The summed E-state index contributed by atoms with van der Waals surface area (Å²) in [5.41, 5.74) is -0.573. The molecule has 1 aliphatic carbocycles. The zero-order valence-corrected chi connectivity index (χ0v) is 11.7. The van der Waals surface area contributed by atoms with E-state index in [4.69, 9.17) is 4.74 Å². The van der Waals surface area contributed by atoms with Crippen molar-refractivity contribution in [2.45, 2.75) is 40.0 Å². The number of alkyl halides is 3. The molecule has 20 heavy (non-hydrogen) atoms. The van der Waals surface area contributed by atoms with Gasteiger partial charge in [-0.1, -0.05) is 27.7 Å². The maximum absolute atomic E-state index is 12.1. The summed E-state index contributed by atoms with van der Waals surface area (Å²) in [7, 11) is 0. The zero-order chi connectivity index (χ0) is 15.5. The van der Waals surface area contributed by atoms with Gasteiger partial charge in [-0.2, -0.15) is 13.2 Å². The minimum absolute atomic E-state index is 0.231. The molecule has 0 unspecified atom stereocenters. The molecule has 2 aliphatic rings. The van der Waals surface area contributed by atoms with Crippen molar-refractivity contribution in [3.05, 3.63) is 0 Å². The lowest BCUT2D eigenvalue weighted by atomic mass is 9.40. The first-order valence-corrected chi connectivity index (χ1v) is 6.35. The smallest absolute Gasteiger partial charge is 0.458 e. The van der Waals surface area contributed by atoms with Gasteiger partial charge in [0.05, 0.1) is 5.92 Å². The number of fused-ring (bicyclic) bond motifs is 1. The number of carbonyl (C=O) groups excluding carboxylic acids is 2. The summed E-state index contributed by atoms with van der Waals surface area (Å²) in [6.45, 7) is 7.19. The molecular formula is C13H17F3O4. The second-order valence-corrected chi connectivity index (χ2v) is 6.52. The number of hydrogen-bond acceptors (Lipinski definition) is 4. The molecule has 1 saturated heterocycles. The number of ether oxygens (including phenoxy) is 2. The van der Waals surface area contributed by atoms with Crippen LogP contribution in [0.3, 0.4) is 0 Å². The fourth-order valence-corrected chi connectivity index (χ4v) is 3.39. The number of halogens is 3. The van der Waals surface area contributed by atoms with Crippen molar-refractivity contribution < 1.29 is 32.2 Å². The molecule has 2 fully saturated rings. The van der Waals surface area contributed by atoms with E-state index in [0.29, 0.717) is 0 Å². The van der Waals surface area contributed by atoms with E-state index in [2.05, 4.69) is 4.74 Å². The Morgan fingerprint density at radius 2 is 1.80 bits per heavy atom. The van der Waals surface area contributed by atoms with Crippen LogP contribution in [0, 0.1) is 22.7 Å². The van der Waals surface area contributed by atoms with Gasteiger partial charge < -0.3 is 9.47 Å². The van der Waals surface area contributed by atoms with Crippen molar-refractivity contribution in [2.75, 3.05) is 6.61 Å². The Balaban J connectivity index is 2.06. The predicted molar refractivity (Wildman–Crippen MR) is 61.4 cm³/mol. The fraction of sp³-hybridized carbons (Fsp3) is 0.846. The molecule has 0 aromatic rings. The van der Waals surface area contributed by atoms with Crippen LogP contribution < -0.4 is 0 Å².